The van der Waals surface area contributed by atoms with Crippen molar-refractivity contribution in [1.82, 2.24) is 4.31 Å². The molecule has 0 saturated heterocycles. The van der Waals surface area contributed by atoms with Crippen LogP contribution in [0, 0.1) is 11.6 Å². The fourth-order valence-electron chi connectivity index (χ4n) is 2.26. The van der Waals surface area contributed by atoms with Crippen LogP contribution in [0.4, 0.5) is 14.5 Å². The number of nitrogens with one attached hydrogen (secondary N) is 1. The van der Waals surface area contributed by atoms with Crippen molar-refractivity contribution >= 4 is 44.8 Å². The quantitative estimate of drug-likeness (QED) is 0.702. The van der Waals surface area contributed by atoms with Crippen molar-refractivity contribution in [3.05, 3.63) is 58.1 Å². The first-order valence-corrected chi connectivity index (χ1v) is 10.0. The monoisotopic (exact) mass is 436 g/mol. The zero-order chi connectivity index (χ0) is 20.2. The highest BCUT2D eigenvalue weighted by Gasteiger charge is 2.27. The zero-order valence-electron chi connectivity index (χ0n) is 14.2. The van der Waals surface area contributed by atoms with Crippen LogP contribution in [0.2, 0.25) is 10.0 Å². The molecule has 2 aromatic carbocycles. The van der Waals surface area contributed by atoms with Gasteiger partial charge in [-0.05, 0) is 42.8 Å². The number of halogens is 4. The van der Waals surface area contributed by atoms with E-state index in [-0.39, 0.29) is 17.3 Å². The maximum Gasteiger partial charge on any atom is 0.243 e. The van der Waals surface area contributed by atoms with E-state index in [1.54, 1.807) is 6.92 Å². The normalized spacial score (nSPS) is 11.6. The molecule has 0 heterocycles. The molecule has 0 aliphatic carbocycles. The van der Waals surface area contributed by atoms with E-state index in [9.17, 15) is 22.0 Å². The topological polar surface area (TPSA) is 66.5 Å². The summed E-state index contributed by atoms with van der Waals surface area (Å²) in [4.78, 5) is 11.9. The molecule has 0 aliphatic rings. The molecule has 0 spiro atoms. The number of hydrogen-bond donors (Lipinski definition) is 1. The smallest absolute Gasteiger partial charge is 0.243 e. The van der Waals surface area contributed by atoms with Gasteiger partial charge in [0.05, 0.1) is 22.2 Å². The molecular weight excluding hydrogens is 421 g/mol. The second-order valence-corrected chi connectivity index (χ2v) is 8.37. The summed E-state index contributed by atoms with van der Waals surface area (Å²) in [6, 6.07) is 6.70. The van der Waals surface area contributed by atoms with E-state index < -0.39 is 39.0 Å². The second-order valence-electron chi connectivity index (χ2n) is 5.59. The summed E-state index contributed by atoms with van der Waals surface area (Å²) in [5, 5.41) is 3.07. The first-order valence-electron chi connectivity index (χ1n) is 7.85. The van der Waals surface area contributed by atoms with Crippen LogP contribution < -0.4 is 5.32 Å². The summed E-state index contributed by atoms with van der Waals surface area (Å²) in [5.41, 5.74) is 0.232. The van der Waals surface area contributed by atoms with Gasteiger partial charge in [-0.1, -0.05) is 30.1 Å². The van der Waals surface area contributed by atoms with Gasteiger partial charge in [0.2, 0.25) is 15.9 Å². The number of benzene rings is 2. The molecule has 0 saturated carbocycles. The van der Waals surface area contributed by atoms with Gasteiger partial charge >= 0.3 is 0 Å². The molecule has 1 amide bonds. The van der Waals surface area contributed by atoms with E-state index in [4.69, 9.17) is 23.2 Å². The lowest BCUT2D eigenvalue weighted by molar-refractivity contribution is -0.116. The van der Waals surface area contributed by atoms with Gasteiger partial charge < -0.3 is 5.32 Å². The minimum absolute atomic E-state index is 0.0119. The van der Waals surface area contributed by atoms with Crippen molar-refractivity contribution in [2.75, 3.05) is 18.4 Å². The van der Waals surface area contributed by atoms with Gasteiger partial charge in [0.25, 0.3) is 0 Å². The molecule has 1 N–H and O–H groups in total. The highest BCUT2D eigenvalue weighted by Crippen LogP contribution is 2.25. The third-order valence-corrected chi connectivity index (χ3v) is 5.93. The summed E-state index contributed by atoms with van der Waals surface area (Å²) in [6.45, 7) is 1.20. The molecule has 2 aromatic rings. The van der Waals surface area contributed by atoms with Crippen LogP contribution in [0.1, 0.15) is 13.3 Å². The van der Waals surface area contributed by atoms with Crippen LogP contribution in [-0.4, -0.2) is 31.7 Å². The van der Waals surface area contributed by atoms with Crippen LogP contribution >= 0.6 is 23.2 Å². The predicted molar refractivity (Wildman–Crippen MR) is 100 cm³/mol. The standard InChI is InChI=1S/C17H16Cl2F2N2O3S/c1-2-7-23(27(25,26)12-4-6-14(20)15(21)9-12)10-17(24)22-16-8-11(18)3-5-13(16)19/h3-6,8-9H,2,7,10H2,1H3,(H,22,24). The van der Waals surface area contributed by atoms with E-state index in [0.717, 1.165) is 16.4 Å². The Bertz CT molecular complexity index is 955. The number of carbonyl (C=O) groups is 1. The fourth-order valence-corrected chi connectivity index (χ4v) is 4.10. The van der Waals surface area contributed by atoms with Crippen molar-refractivity contribution in [3.8, 4) is 0 Å². The Morgan fingerprint density at radius 3 is 2.44 bits per heavy atom. The summed E-state index contributed by atoms with van der Waals surface area (Å²) in [5.74, 6) is -3.11. The number of rotatable bonds is 7. The maximum absolute atomic E-state index is 13.4. The van der Waals surface area contributed by atoms with Gasteiger partial charge in [0.1, 0.15) is 0 Å². The van der Waals surface area contributed by atoms with E-state index in [2.05, 4.69) is 5.32 Å². The number of nitrogens with zero attached hydrogens (tertiary/aromatic N) is 1. The molecule has 0 unspecified atom stereocenters. The van der Waals surface area contributed by atoms with Gasteiger partial charge in [-0.3, -0.25) is 4.79 Å². The number of anilines is 1. The molecule has 10 heteroatoms. The van der Waals surface area contributed by atoms with Gasteiger partial charge in [-0.25, -0.2) is 17.2 Å². The van der Waals surface area contributed by atoms with E-state index in [1.807, 2.05) is 0 Å². The van der Waals surface area contributed by atoms with Crippen molar-refractivity contribution in [2.45, 2.75) is 18.2 Å². The lowest BCUT2D eigenvalue weighted by Gasteiger charge is -2.21. The Balaban J connectivity index is 2.24. The molecule has 0 atom stereocenters. The van der Waals surface area contributed by atoms with E-state index >= 15 is 0 Å². The lowest BCUT2D eigenvalue weighted by Crippen LogP contribution is -2.38. The van der Waals surface area contributed by atoms with Crippen LogP contribution in [-0.2, 0) is 14.8 Å². The minimum Gasteiger partial charge on any atom is -0.324 e. The van der Waals surface area contributed by atoms with Crippen molar-refractivity contribution in [3.63, 3.8) is 0 Å². The molecule has 0 radical (unpaired) electrons. The first kappa shape index (κ1) is 21.6. The Morgan fingerprint density at radius 2 is 1.81 bits per heavy atom. The van der Waals surface area contributed by atoms with Crippen LogP contribution in [0.15, 0.2) is 41.3 Å². The van der Waals surface area contributed by atoms with Crippen molar-refractivity contribution in [1.29, 1.82) is 0 Å². The average Bonchev–Trinajstić information content (AvgIpc) is 2.60. The Labute approximate surface area is 165 Å². The minimum atomic E-state index is -4.20. The Kier molecular flexibility index (Phi) is 7.16. The van der Waals surface area contributed by atoms with Gasteiger partial charge in [0, 0.05) is 11.6 Å². The molecule has 5 nitrogen and oxygen atoms in total. The number of carbonyl (C=O) groups excluding carboxylic acids is 1. The van der Waals surface area contributed by atoms with Crippen molar-refractivity contribution in [2.24, 2.45) is 0 Å². The Hall–Kier alpha value is -1.74. The number of sulfonamides is 1. The molecule has 146 valence electrons. The number of hydrogen-bond acceptors (Lipinski definition) is 3. The summed E-state index contributed by atoms with van der Waals surface area (Å²) in [6.07, 6.45) is 0.411. The molecular formula is C17H16Cl2F2N2O3S. The Morgan fingerprint density at radius 1 is 1.11 bits per heavy atom. The van der Waals surface area contributed by atoms with Crippen LogP contribution in [0.5, 0.6) is 0 Å². The van der Waals surface area contributed by atoms with E-state index in [0.29, 0.717) is 17.5 Å². The highest BCUT2D eigenvalue weighted by molar-refractivity contribution is 7.89. The lowest BCUT2D eigenvalue weighted by atomic mass is 10.3. The fraction of sp³-hybridized carbons (Fsp3) is 0.235. The zero-order valence-corrected chi connectivity index (χ0v) is 16.5. The van der Waals surface area contributed by atoms with Gasteiger partial charge in [0.15, 0.2) is 11.6 Å². The third-order valence-electron chi connectivity index (χ3n) is 3.52. The van der Waals surface area contributed by atoms with Gasteiger partial charge in [-0.15, -0.1) is 0 Å². The van der Waals surface area contributed by atoms with Crippen LogP contribution in [0.25, 0.3) is 0 Å². The molecule has 2 rings (SSSR count). The average molecular weight is 437 g/mol. The molecule has 0 aromatic heterocycles. The summed E-state index contributed by atoms with van der Waals surface area (Å²) >= 11 is 11.8. The molecule has 0 bridgehead atoms. The third kappa shape index (κ3) is 5.38. The largest absolute Gasteiger partial charge is 0.324 e. The highest BCUT2D eigenvalue weighted by atomic mass is 35.5. The van der Waals surface area contributed by atoms with Gasteiger partial charge in [-0.2, -0.15) is 4.31 Å². The van der Waals surface area contributed by atoms with Crippen molar-refractivity contribution < 1.29 is 22.0 Å². The summed E-state index contributed by atoms with van der Waals surface area (Å²) in [7, 11) is -4.20. The summed E-state index contributed by atoms with van der Waals surface area (Å²) < 4.78 is 52.8. The second kappa shape index (κ2) is 8.97. The maximum atomic E-state index is 13.4. The van der Waals surface area contributed by atoms with E-state index in [1.165, 1.54) is 18.2 Å². The number of amides is 1. The molecule has 0 fully saturated rings. The first-order chi connectivity index (χ1) is 12.6. The van der Waals surface area contributed by atoms with Crippen LogP contribution in [0.3, 0.4) is 0 Å². The molecule has 0 aliphatic heterocycles. The predicted octanol–water partition coefficient (Wildman–Crippen LogP) is 4.31. The SMILES string of the molecule is CCCN(CC(=O)Nc1cc(Cl)ccc1Cl)S(=O)(=O)c1ccc(F)c(F)c1. The molecule has 27 heavy (non-hydrogen) atoms.